The van der Waals surface area contributed by atoms with Gasteiger partial charge in [-0.25, -0.2) is 0 Å². The molecule has 2 heterocycles. The highest BCUT2D eigenvalue weighted by Crippen LogP contribution is 2.39. The molecule has 2 aromatic rings. The number of benzene rings is 1. The summed E-state index contributed by atoms with van der Waals surface area (Å²) in [5.74, 6) is 1.58. The summed E-state index contributed by atoms with van der Waals surface area (Å²) in [6.45, 7) is 17.5. The second-order valence-electron chi connectivity index (χ2n) is 10.4. The Hall–Kier alpha value is -1.35. The number of aromatic nitrogens is 1. The van der Waals surface area contributed by atoms with Crippen LogP contribution in [0.1, 0.15) is 58.4 Å². The average molecular weight is 341 g/mol. The first kappa shape index (κ1) is 17.1. The highest BCUT2D eigenvalue weighted by molar-refractivity contribution is 5.85. The highest BCUT2D eigenvalue weighted by atomic mass is 16.5. The molecule has 1 saturated heterocycles. The summed E-state index contributed by atoms with van der Waals surface area (Å²) >= 11 is 0. The first-order chi connectivity index (χ1) is 11.6. The highest BCUT2D eigenvalue weighted by Gasteiger charge is 2.37. The Morgan fingerprint density at radius 2 is 1.80 bits per heavy atom. The second-order valence-corrected chi connectivity index (χ2v) is 10.4. The van der Waals surface area contributed by atoms with Crippen molar-refractivity contribution < 1.29 is 4.52 Å². The Balaban J connectivity index is 1.48. The monoisotopic (exact) mass is 340 g/mol. The molecule has 3 nitrogen and oxygen atoms in total. The van der Waals surface area contributed by atoms with E-state index in [1.165, 1.54) is 42.6 Å². The van der Waals surface area contributed by atoms with Gasteiger partial charge in [-0.2, -0.15) is 0 Å². The van der Waals surface area contributed by atoms with Crippen LogP contribution in [0.4, 0.5) is 0 Å². The van der Waals surface area contributed by atoms with E-state index < -0.39 is 0 Å². The normalized spacial score (nSPS) is 22.4. The molecule has 1 aliphatic carbocycles. The Bertz CT molecular complexity index is 785. The Morgan fingerprint density at radius 3 is 2.44 bits per heavy atom. The topological polar surface area (TPSA) is 29.3 Å². The second kappa shape index (κ2) is 5.57. The van der Waals surface area contributed by atoms with Crippen molar-refractivity contribution in [2.75, 3.05) is 19.6 Å². The van der Waals surface area contributed by atoms with Crippen molar-refractivity contribution >= 4 is 11.0 Å². The molecule has 3 heteroatoms. The molecule has 4 rings (SSSR count). The number of fused-ring (bicyclic) bond motifs is 3. The van der Waals surface area contributed by atoms with E-state index in [0.29, 0.717) is 5.41 Å². The zero-order chi connectivity index (χ0) is 18.0. The number of nitrogens with zero attached hydrogens (tertiary/aromatic N) is 2. The van der Waals surface area contributed by atoms with E-state index in [1.807, 2.05) is 0 Å². The third kappa shape index (κ3) is 3.01. The van der Waals surface area contributed by atoms with Gasteiger partial charge in [-0.1, -0.05) is 52.8 Å². The summed E-state index contributed by atoms with van der Waals surface area (Å²) in [4.78, 5) is 2.64. The molecule has 0 unspecified atom stereocenters. The van der Waals surface area contributed by atoms with Gasteiger partial charge in [0.15, 0.2) is 5.58 Å². The lowest BCUT2D eigenvalue weighted by molar-refractivity contribution is 0.0149. The molecule has 1 aromatic heterocycles. The van der Waals surface area contributed by atoms with Gasteiger partial charge in [0.2, 0.25) is 0 Å². The summed E-state index contributed by atoms with van der Waals surface area (Å²) in [6, 6.07) is 4.55. The fraction of sp³-hybridized carbons (Fsp3) is 0.682. The van der Waals surface area contributed by atoms with E-state index in [0.717, 1.165) is 29.5 Å². The maximum atomic E-state index is 5.81. The van der Waals surface area contributed by atoms with Gasteiger partial charge >= 0.3 is 0 Å². The van der Waals surface area contributed by atoms with Gasteiger partial charge in [0.1, 0.15) is 0 Å². The molecule has 25 heavy (non-hydrogen) atoms. The third-order valence-electron chi connectivity index (χ3n) is 6.25. The van der Waals surface area contributed by atoms with Gasteiger partial charge in [-0.15, -0.1) is 0 Å². The molecule has 1 fully saturated rings. The first-order valence-electron chi connectivity index (χ1n) is 9.76. The fourth-order valence-electron chi connectivity index (χ4n) is 4.49. The van der Waals surface area contributed by atoms with Crippen molar-refractivity contribution in [1.82, 2.24) is 10.1 Å². The molecular weight excluding hydrogens is 308 g/mol. The molecule has 0 radical (unpaired) electrons. The van der Waals surface area contributed by atoms with E-state index in [-0.39, 0.29) is 5.41 Å². The van der Waals surface area contributed by atoms with Crippen molar-refractivity contribution in [3.8, 4) is 0 Å². The summed E-state index contributed by atoms with van der Waals surface area (Å²) < 4.78 is 5.81. The Kier molecular flexibility index (Phi) is 3.81. The Labute approximate surface area is 151 Å². The Morgan fingerprint density at radius 1 is 1.08 bits per heavy atom. The molecule has 0 spiro atoms. The third-order valence-corrected chi connectivity index (χ3v) is 6.25. The van der Waals surface area contributed by atoms with Crippen LogP contribution in [0.5, 0.6) is 0 Å². The van der Waals surface area contributed by atoms with Crippen molar-refractivity contribution in [1.29, 1.82) is 0 Å². The zero-order valence-electron chi connectivity index (χ0n) is 16.6. The lowest BCUT2D eigenvalue weighted by Crippen LogP contribution is -2.53. The summed E-state index contributed by atoms with van der Waals surface area (Å²) in [7, 11) is 0. The van der Waals surface area contributed by atoms with Crippen LogP contribution in [0.2, 0.25) is 0 Å². The molecular formula is C22H32N2O. The molecule has 136 valence electrons. The van der Waals surface area contributed by atoms with Crippen LogP contribution in [0.3, 0.4) is 0 Å². The lowest BCUT2D eigenvalue weighted by atomic mass is 9.75. The van der Waals surface area contributed by atoms with Crippen molar-refractivity contribution in [3.05, 3.63) is 29.0 Å². The summed E-state index contributed by atoms with van der Waals surface area (Å²) in [5, 5.41) is 5.62. The van der Waals surface area contributed by atoms with Crippen LogP contribution in [-0.4, -0.2) is 29.7 Å². The number of rotatable bonds is 2. The smallest absolute Gasteiger partial charge is 0.170 e. The molecule has 0 bridgehead atoms. The molecule has 1 aromatic carbocycles. The van der Waals surface area contributed by atoms with Gasteiger partial charge in [-0.3, -0.25) is 0 Å². The molecule has 0 amide bonds. The van der Waals surface area contributed by atoms with Crippen LogP contribution in [0.25, 0.3) is 11.0 Å². The van der Waals surface area contributed by atoms with E-state index in [9.17, 15) is 0 Å². The number of hydrogen-bond acceptors (Lipinski definition) is 3. The predicted molar refractivity (Wildman–Crippen MR) is 103 cm³/mol. The van der Waals surface area contributed by atoms with Gasteiger partial charge < -0.3 is 9.42 Å². The number of likely N-dealkylation sites (tertiary alicyclic amines) is 1. The molecule has 1 atom stereocenters. The van der Waals surface area contributed by atoms with Gasteiger partial charge in [-0.05, 0) is 41.7 Å². The summed E-state index contributed by atoms with van der Waals surface area (Å²) in [6.07, 6.45) is 2.33. The molecule has 1 aliphatic heterocycles. The van der Waals surface area contributed by atoms with E-state index in [4.69, 9.17) is 4.52 Å². The zero-order valence-corrected chi connectivity index (χ0v) is 16.6. The van der Waals surface area contributed by atoms with E-state index in [1.54, 1.807) is 0 Å². The van der Waals surface area contributed by atoms with Crippen LogP contribution < -0.4 is 0 Å². The van der Waals surface area contributed by atoms with Crippen molar-refractivity contribution in [2.24, 2.45) is 17.3 Å². The van der Waals surface area contributed by atoms with Gasteiger partial charge in [0.25, 0.3) is 0 Å². The summed E-state index contributed by atoms with van der Waals surface area (Å²) in [5.41, 5.74) is 5.49. The molecule has 2 aliphatic rings. The minimum atomic E-state index is 0.0249. The minimum Gasteiger partial charge on any atom is -0.356 e. The van der Waals surface area contributed by atoms with E-state index >= 15 is 0 Å². The SMILES string of the molecule is CC(C)(C)c1noc2c3c(ccc12)C[C@H](CN1CC(C(C)(C)C)C1)C3. The van der Waals surface area contributed by atoms with Crippen molar-refractivity contribution in [2.45, 2.75) is 59.8 Å². The maximum Gasteiger partial charge on any atom is 0.170 e. The maximum absolute atomic E-state index is 5.81. The quantitative estimate of drug-likeness (QED) is 0.785. The number of hydrogen-bond donors (Lipinski definition) is 0. The molecule has 0 N–H and O–H groups in total. The fourth-order valence-corrected chi connectivity index (χ4v) is 4.49. The predicted octanol–water partition coefficient (Wildman–Crippen LogP) is 4.82. The van der Waals surface area contributed by atoms with Crippen LogP contribution in [-0.2, 0) is 18.3 Å². The standard InChI is InChI=1S/C22H32N2O/c1-21(2,3)16-12-24(13-16)11-14-9-15-7-8-17-19(18(15)10-14)25-23-20(17)22(4,5)6/h7-8,14,16H,9-13H2,1-6H3/t14-/m0/s1. The average Bonchev–Trinajstić information content (AvgIpc) is 3.02. The van der Waals surface area contributed by atoms with Crippen LogP contribution in [0.15, 0.2) is 16.7 Å². The lowest BCUT2D eigenvalue weighted by Gasteiger charge is -2.47. The van der Waals surface area contributed by atoms with Crippen LogP contribution >= 0.6 is 0 Å². The van der Waals surface area contributed by atoms with Gasteiger partial charge in [0, 0.05) is 36.0 Å². The van der Waals surface area contributed by atoms with E-state index in [2.05, 4.69) is 63.7 Å². The minimum absolute atomic E-state index is 0.0249. The molecule has 0 saturated carbocycles. The van der Waals surface area contributed by atoms with Crippen molar-refractivity contribution in [3.63, 3.8) is 0 Å². The largest absolute Gasteiger partial charge is 0.356 e. The van der Waals surface area contributed by atoms with Crippen LogP contribution in [0, 0.1) is 17.3 Å². The van der Waals surface area contributed by atoms with Gasteiger partial charge in [0.05, 0.1) is 5.69 Å². The first-order valence-corrected chi connectivity index (χ1v) is 9.76.